The third-order valence-electron chi connectivity index (χ3n) is 9.12. The van der Waals surface area contributed by atoms with E-state index in [1.165, 1.54) is 11.1 Å². The van der Waals surface area contributed by atoms with E-state index in [9.17, 15) is 9.90 Å². The maximum Gasteiger partial charge on any atom is 0.165 e. The highest BCUT2D eigenvalue weighted by atomic mass is 16.6. The summed E-state index contributed by atoms with van der Waals surface area (Å²) in [5.74, 6) is 0.968. The van der Waals surface area contributed by atoms with Crippen molar-refractivity contribution >= 4 is 5.78 Å². The van der Waals surface area contributed by atoms with Gasteiger partial charge in [0.1, 0.15) is 17.5 Å². The van der Waals surface area contributed by atoms with Gasteiger partial charge in [0.05, 0.1) is 5.92 Å². The molecule has 2 heterocycles. The Labute approximate surface area is 159 Å². The summed E-state index contributed by atoms with van der Waals surface area (Å²) in [5.41, 5.74) is 1.83. The van der Waals surface area contributed by atoms with Crippen LogP contribution in [0.1, 0.15) is 43.7 Å². The Morgan fingerprint density at radius 2 is 2.15 bits per heavy atom. The predicted molar refractivity (Wildman–Crippen MR) is 99.1 cm³/mol. The fourth-order valence-corrected chi connectivity index (χ4v) is 8.15. The van der Waals surface area contributed by atoms with Crippen molar-refractivity contribution in [2.45, 2.75) is 62.2 Å². The van der Waals surface area contributed by atoms with E-state index in [2.05, 4.69) is 18.0 Å². The van der Waals surface area contributed by atoms with E-state index in [0.29, 0.717) is 11.8 Å². The van der Waals surface area contributed by atoms with Crippen molar-refractivity contribution in [3.63, 3.8) is 0 Å². The van der Waals surface area contributed by atoms with Crippen molar-refractivity contribution in [1.82, 2.24) is 4.90 Å². The van der Waals surface area contributed by atoms with Gasteiger partial charge in [-0.2, -0.15) is 0 Å². The molecule has 27 heavy (non-hydrogen) atoms. The number of rotatable bonds is 2. The van der Waals surface area contributed by atoms with Crippen LogP contribution >= 0.6 is 0 Å². The number of hydrogen-bond donors (Lipinski definition) is 1. The summed E-state index contributed by atoms with van der Waals surface area (Å²) in [5, 5.41) is 10.6. The lowest BCUT2D eigenvalue weighted by molar-refractivity contribution is -0.270. The monoisotopic (exact) mass is 369 g/mol. The van der Waals surface area contributed by atoms with E-state index >= 15 is 0 Å². The van der Waals surface area contributed by atoms with Gasteiger partial charge in [-0.05, 0) is 64.3 Å². The standard InChI is InChI=1S/C22H27NO4/c1-12(24)14-11-20-6-7-22(14,26-3)19-21(20)8-9-23(2)16(20)10-13-4-5-15(25)18(27-19)17(13)21/h4-5,14,16,19,25H,6-11H2,1-3H3/t14-,16?,19+,20?,21+,22?/m1/s1. The second-order valence-electron chi connectivity index (χ2n) is 9.55. The number of hydrogen-bond acceptors (Lipinski definition) is 5. The van der Waals surface area contributed by atoms with Gasteiger partial charge in [-0.25, -0.2) is 0 Å². The third kappa shape index (κ3) is 1.47. The second-order valence-corrected chi connectivity index (χ2v) is 9.55. The molecule has 5 heteroatoms. The van der Waals surface area contributed by atoms with Crippen molar-refractivity contribution in [1.29, 1.82) is 0 Å². The van der Waals surface area contributed by atoms with Crippen molar-refractivity contribution < 1.29 is 19.4 Å². The Balaban J connectivity index is 1.70. The van der Waals surface area contributed by atoms with Crippen LogP contribution in [0.3, 0.4) is 0 Å². The minimum atomic E-state index is -0.589. The molecule has 6 aliphatic rings. The zero-order valence-corrected chi connectivity index (χ0v) is 16.2. The van der Waals surface area contributed by atoms with Crippen LogP contribution in [0.15, 0.2) is 12.1 Å². The number of likely N-dealkylation sites (tertiary alicyclic amines) is 1. The Bertz CT molecular complexity index is 883. The van der Waals surface area contributed by atoms with Gasteiger partial charge < -0.3 is 19.5 Å². The van der Waals surface area contributed by atoms with Crippen LogP contribution in [0.5, 0.6) is 11.5 Å². The smallest absolute Gasteiger partial charge is 0.165 e. The average Bonchev–Trinajstić information content (AvgIpc) is 3.03. The maximum absolute atomic E-state index is 12.8. The van der Waals surface area contributed by atoms with E-state index in [0.717, 1.165) is 38.6 Å². The number of piperidine rings is 1. The van der Waals surface area contributed by atoms with Crippen molar-refractivity contribution in [3.8, 4) is 11.5 Å². The van der Waals surface area contributed by atoms with Crippen LogP contribution in [0, 0.1) is 11.3 Å². The van der Waals surface area contributed by atoms with Gasteiger partial charge in [-0.1, -0.05) is 6.07 Å². The SMILES string of the molecule is COC12CCC3(C[C@@H]1C(C)=O)C1Cc4ccc(O)c5c4[C@@]3(CCN1C)[C@@H]2O5. The number of benzene rings is 1. The number of carbonyl (C=O) groups excluding carboxylic acids is 1. The molecule has 3 saturated carbocycles. The molecule has 7 rings (SSSR count). The van der Waals surface area contributed by atoms with Gasteiger partial charge in [0.2, 0.25) is 0 Å². The van der Waals surface area contributed by atoms with Gasteiger partial charge >= 0.3 is 0 Å². The van der Waals surface area contributed by atoms with Crippen LogP contribution in [0.2, 0.25) is 0 Å². The fraction of sp³-hybridized carbons (Fsp3) is 0.682. The number of methoxy groups -OCH3 is 1. The maximum atomic E-state index is 12.8. The van der Waals surface area contributed by atoms with E-state index < -0.39 is 5.60 Å². The average molecular weight is 369 g/mol. The Morgan fingerprint density at radius 3 is 2.89 bits per heavy atom. The van der Waals surface area contributed by atoms with E-state index in [1.807, 2.05) is 0 Å². The van der Waals surface area contributed by atoms with E-state index in [4.69, 9.17) is 9.47 Å². The van der Waals surface area contributed by atoms with Crippen molar-refractivity contribution in [3.05, 3.63) is 23.3 Å². The summed E-state index contributed by atoms with van der Waals surface area (Å²) in [7, 11) is 3.98. The van der Waals surface area contributed by atoms with Gasteiger partial charge in [0, 0.05) is 29.5 Å². The minimum absolute atomic E-state index is 0.0212. The largest absolute Gasteiger partial charge is 0.504 e. The number of aromatic hydroxyl groups is 1. The molecular weight excluding hydrogens is 342 g/mol. The molecule has 2 spiro atoms. The topological polar surface area (TPSA) is 59.0 Å². The highest BCUT2D eigenvalue weighted by molar-refractivity contribution is 5.81. The normalized spacial score (nSPS) is 46.1. The van der Waals surface area contributed by atoms with Gasteiger partial charge in [0.25, 0.3) is 0 Å². The molecular formula is C22H27NO4. The Kier molecular flexibility index (Phi) is 2.84. The first-order chi connectivity index (χ1) is 12.9. The number of nitrogens with zero attached hydrogens (tertiary/aromatic N) is 1. The summed E-state index contributed by atoms with van der Waals surface area (Å²) < 4.78 is 12.8. The van der Waals surface area contributed by atoms with Crippen LogP contribution in [-0.2, 0) is 21.4 Å². The number of ether oxygens (including phenoxy) is 2. The van der Waals surface area contributed by atoms with Crippen LogP contribution in [0.4, 0.5) is 0 Å². The minimum Gasteiger partial charge on any atom is -0.504 e. The molecule has 2 aliphatic heterocycles. The molecule has 1 aromatic carbocycles. The predicted octanol–water partition coefficient (Wildman–Crippen LogP) is 2.43. The van der Waals surface area contributed by atoms with Crippen molar-refractivity contribution in [2.75, 3.05) is 20.7 Å². The molecule has 3 unspecified atom stereocenters. The van der Waals surface area contributed by atoms with Gasteiger partial charge in [-0.3, -0.25) is 4.79 Å². The first kappa shape index (κ1) is 16.4. The quantitative estimate of drug-likeness (QED) is 0.868. The molecule has 1 saturated heterocycles. The molecule has 5 nitrogen and oxygen atoms in total. The second kappa shape index (κ2) is 4.69. The molecule has 1 N–H and O–H groups in total. The molecule has 4 aliphatic carbocycles. The number of Topliss-reactive ketones (excluding diaryl/α,β-unsaturated/α-hetero) is 1. The summed E-state index contributed by atoms with van der Waals surface area (Å²) in [6.45, 7) is 2.73. The zero-order valence-electron chi connectivity index (χ0n) is 16.2. The lowest BCUT2D eigenvalue weighted by atomic mass is 9.34. The zero-order chi connectivity index (χ0) is 18.8. The highest BCUT2D eigenvalue weighted by Gasteiger charge is 2.80. The third-order valence-corrected chi connectivity index (χ3v) is 9.12. The van der Waals surface area contributed by atoms with Crippen molar-refractivity contribution in [2.24, 2.45) is 11.3 Å². The molecule has 1 aromatic rings. The van der Waals surface area contributed by atoms with Crippen LogP contribution < -0.4 is 4.74 Å². The molecule has 4 bridgehead atoms. The van der Waals surface area contributed by atoms with E-state index in [1.54, 1.807) is 20.1 Å². The Hall–Kier alpha value is -1.59. The van der Waals surface area contributed by atoms with Gasteiger partial charge in [0.15, 0.2) is 11.5 Å². The summed E-state index contributed by atoms with van der Waals surface area (Å²) >= 11 is 0. The van der Waals surface area contributed by atoms with E-state index in [-0.39, 0.29) is 34.4 Å². The number of likely N-dealkylation sites (N-methyl/N-ethyl adjacent to an activating group) is 1. The molecule has 6 atom stereocenters. The molecule has 4 fully saturated rings. The molecule has 0 amide bonds. The number of carbonyl (C=O) groups is 1. The first-order valence-electron chi connectivity index (χ1n) is 10.2. The summed E-state index contributed by atoms with van der Waals surface area (Å²) in [6, 6.07) is 4.28. The number of phenols is 1. The lowest BCUT2D eigenvalue weighted by Crippen LogP contribution is -2.81. The van der Waals surface area contributed by atoms with Crippen LogP contribution in [-0.4, -0.2) is 54.2 Å². The molecule has 0 aromatic heterocycles. The summed E-state index contributed by atoms with van der Waals surface area (Å²) in [6.07, 6.45) is 4.58. The Morgan fingerprint density at radius 1 is 1.33 bits per heavy atom. The number of ketones is 1. The lowest BCUT2D eigenvalue weighted by Gasteiger charge is -2.73. The summed E-state index contributed by atoms with van der Waals surface area (Å²) in [4.78, 5) is 15.3. The number of phenolic OH excluding ortho intramolecular Hbond substituents is 1. The molecule has 0 radical (unpaired) electrons. The van der Waals surface area contributed by atoms with Gasteiger partial charge in [-0.15, -0.1) is 0 Å². The van der Waals surface area contributed by atoms with Crippen LogP contribution in [0.25, 0.3) is 0 Å². The highest BCUT2D eigenvalue weighted by Crippen LogP contribution is 2.76. The fourth-order valence-electron chi connectivity index (χ4n) is 8.15. The first-order valence-corrected chi connectivity index (χ1v) is 10.2. The number of fused-ring (bicyclic) bond motifs is 2. The molecule has 144 valence electrons.